The van der Waals surface area contributed by atoms with Crippen LogP contribution >= 0.6 is 0 Å². The van der Waals surface area contributed by atoms with Gasteiger partial charge in [-0.1, -0.05) is 0 Å². The lowest BCUT2D eigenvalue weighted by atomic mass is 9.48. The van der Waals surface area contributed by atoms with E-state index in [9.17, 15) is 4.79 Å². The van der Waals surface area contributed by atoms with Crippen molar-refractivity contribution in [3.63, 3.8) is 0 Å². The summed E-state index contributed by atoms with van der Waals surface area (Å²) in [6, 6.07) is 1.80. The van der Waals surface area contributed by atoms with Gasteiger partial charge in [-0.25, -0.2) is 0 Å². The van der Waals surface area contributed by atoms with Crippen molar-refractivity contribution in [3.8, 4) is 0 Å². The zero-order valence-corrected chi connectivity index (χ0v) is 11.1. The second-order valence-corrected chi connectivity index (χ2v) is 7.03. The molecule has 1 heterocycles. The number of rotatable bonds is 2. The predicted molar refractivity (Wildman–Crippen MR) is 73.6 cm³/mol. The molecule has 0 saturated heterocycles. The summed E-state index contributed by atoms with van der Waals surface area (Å²) in [6.45, 7) is 0. The Bertz CT molecular complexity index is 502. The molecule has 0 aromatic carbocycles. The zero-order valence-electron chi connectivity index (χ0n) is 11.1. The van der Waals surface area contributed by atoms with Crippen LogP contribution in [-0.2, 0) is 0 Å². The lowest BCUT2D eigenvalue weighted by Gasteiger charge is -2.55. The van der Waals surface area contributed by atoms with Gasteiger partial charge in [-0.2, -0.15) is 0 Å². The Morgan fingerprint density at radius 1 is 1.11 bits per heavy atom. The molecule has 3 nitrogen and oxygen atoms in total. The van der Waals surface area contributed by atoms with Crippen LogP contribution in [0.1, 0.15) is 48.9 Å². The predicted octanol–water partition coefficient (Wildman–Crippen LogP) is 3.06. The molecule has 4 aliphatic rings. The lowest BCUT2D eigenvalue weighted by Crippen LogP contribution is -2.50. The second-order valence-electron chi connectivity index (χ2n) is 7.03. The highest BCUT2D eigenvalue weighted by atomic mass is 16.1. The molecule has 0 amide bonds. The van der Waals surface area contributed by atoms with Gasteiger partial charge >= 0.3 is 0 Å². The monoisotopic (exact) mass is 256 g/mol. The number of anilines is 1. The quantitative estimate of drug-likeness (QED) is 0.827. The highest BCUT2D eigenvalue weighted by Gasteiger charge is 2.54. The number of ketones is 1. The van der Waals surface area contributed by atoms with Gasteiger partial charge in [-0.05, 0) is 62.3 Å². The molecule has 4 aliphatic carbocycles. The molecule has 1 aromatic heterocycles. The van der Waals surface area contributed by atoms with Crippen LogP contribution in [0, 0.1) is 23.2 Å². The first-order valence-electron chi connectivity index (χ1n) is 7.40. The summed E-state index contributed by atoms with van der Waals surface area (Å²) in [5, 5.41) is 0. The zero-order chi connectivity index (χ0) is 13.0. The van der Waals surface area contributed by atoms with Crippen LogP contribution in [0.5, 0.6) is 0 Å². The third-order valence-electron chi connectivity index (χ3n) is 5.54. The van der Waals surface area contributed by atoms with E-state index in [1.165, 1.54) is 19.3 Å². The Kier molecular flexibility index (Phi) is 2.30. The highest BCUT2D eigenvalue weighted by molar-refractivity contribution is 6.01. The molecular weight excluding hydrogens is 236 g/mol. The number of carbonyl (C=O) groups excluding carboxylic acids is 1. The number of carbonyl (C=O) groups is 1. The molecule has 4 saturated carbocycles. The van der Waals surface area contributed by atoms with E-state index in [0.29, 0.717) is 11.5 Å². The van der Waals surface area contributed by atoms with Gasteiger partial charge in [-0.3, -0.25) is 9.78 Å². The van der Waals surface area contributed by atoms with Gasteiger partial charge in [0.15, 0.2) is 5.78 Å². The van der Waals surface area contributed by atoms with E-state index in [0.717, 1.165) is 42.6 Å². The molecule has 4 bridgehead atoms. The van der Waals surface area contributed by atoms with Gasteiger partial charge in [0.05, 0.1) is 5.69 Å². The third kappa shape index (κ3) is 1.71. The first-order valence-corrected chi connectivity index (χ1v) is 7.40. The molecule has 0 atom stereocenters. The molecule has 2 N–H and O–H groups in total. The van der Waals surface area contributed by atoms with E-state index >= 15 is 0 Å². The highest BCUT2D eigenvalue weighted by Crippen LogP contribution is 2.60. The van der Waals surface area contributed by atoms with Gasteiger partial charge in [0.1, 0.15) is 0 Å². The van der Waals surface area contributed by atoms with E-state index in [1.54, 1.807) is 18.5 Å². The van der Waals surface area contributed by atoms with E-state index in [4.69, 9.17) is 5.73 Å². The number of nitrogens with two attached hydrogens (primary N) is 1. The SMILES string of the molecule is Nc1cncc(C(=O)C23CC4CC(CC(C4)C2)C3)c1. The average molecular weight is 256 g/mol. The van der Waals surface area contributed by atoms with Crippen LogP contribution in [0.2, 0.25) is 0 Å². The van der Waals surface area contributed by atoms with Crippen LogP contribution in [0.15, 0.2) is 18.5 Å². The van der Waals surface area contributed by atoms with Crippen LogP contribution in [-0.4, -0.2) is 10.8 Å². The van der Waals surface area contributed by atoms with Crippen molar-refractivity contribution in [2.24, 2.45) is 23.2 Å². The van der Waals surface area contributed by atoms with Crippen LogP contribution < -0.4 is 5.73 Å². The smallest absolute Gasteiger partial charge is 0.170 e. The summed E-state index contributed by atoms with van der Waals surface area (Å²) < 4.78 is 0. The maximum atomic E-state index is 13.0. The summed E-state index contributed by atoms with van der Waals surface area (Å²) in [5.41, 5.74) is 7.01. The van der Waals surface area contributed by atoms with Crippen molar-refractivity contribution in [2.45, 2.75) is 38.5 Å². The molecule has 100 valence electrons. The molecule has 5 rings (SSSR count). The number of nitrogen functional groups attached to an aromatic ring is 1. The molecule has 1 aromatic rings. The fourth-order valence-electron chi connectivity index (χ4n) is 5.28. The molecule has 0 radical (unpaired) electrons. The van der Waals surface area contributed by atoms with Crippen molar-refractivity contribution in [3.05, 3.63) is 24.0 Å². The molecule has 0 aliphatic heterocycles. The van der Waals surface area contributed by atoms with Gasteiger partial charge in [-0.15, -0.1) is 0 Å². The maximum absolute atomic E-state index is 13.0. The normalized spacial score (nSPS) is 39.5. The van der Waals surface area contributed by atoms with E-state index < -0.39 is 0 Å². The molecule has 0 spiro atoms. The minimum atomic E-state index is -0.0791. The first-order chi connectivity index (χ1) is 9.14. The third-order valence-corrected chi connectivity index (χ3v) is 5.54. The number of hydrogen-bond donors (Lipinski definition) is 1. The van der Waals surface area contributed by atoms with Crippen molar-refractivity contribution in [2.75, 3.05) is 5.73 Å². The van der Waals surface area contributed by atoms with Crippen LogP contribution in [0.25, 0.3) is 0 Å². The molecule has 19 heavy (non-hydrogen) atoms. The van der Waals surface area contributed by atoms with E-state index in [-0.39, 0.29) is 5.41 Å². The van der Waals surface area contributed by atoms with E-state index in [2.05, 4.69) is 4.98 Å². The second kappa shape index (κ2) is 3.81. The number of Topliss-reactive ketones (excluding diaryl/α,β-unsaturated/α-hetero) is 1. The summed E-state index contributed by atoms with van der Waals surface area (Å²) >= 11 is 0. The van der Waals surface area contributed by atoms with E-state index in [1.807, 2.05) is 0 Å². The van der Waals surface area contributed by atoms with Crippen molar-refractivity contribution >= 4 is 11.5 Å². The van der Waals surface area contributed by atoms with Crippen LogP contribution in [0.4, 0.5) is 5.69 Å². The molecular formula is C16H20N2O. The average Bonchev–Trinajstić information content (AvgIpc) is 2.36. The summed E-state index contributed by atoms with van der Waals surface area (Å²) in [7, 11) is 0. The molecule has 4 fully saturated rings. The summed E-state index contributed by atoms with van der Waals surface area (Å²) in [5.74, 6) is 2.70. The van der Waals surface area contributed by atoms with Gasteiger partial charge < -0.3 is 5.73 Å². The van der Waals surface area contributed by atoms with Crippen LogP contribution in [0.3, 0.4) is 0 Å². The number of aromatic nitrogens is 1. The standard InChI is InChI=1S/C16H20N2O/c17-14-4-13(8-18-9-14)15(19)16-5-10-1-11(6-16)3-12(2-10)7-16/h4,8-12H,1-3,5-7,17H2. The fraction of sp³-hybridized carbons (Fsp3) is 0.625. The lowest BCUT2D eigenvalue weighted by molar-refractivity contribution is -0.0353. The molecule has 3 heteroatoms. The summed E-state index contributed by atoms with van der Waals surface area (Å²) in [6.07, 6.45) is 10.7. The largest absolute Gasteiger partial charge is 0.397 e. The first kappa shape index (κ1) is 11.4. The minimum Gasteiger partial charge on any atom is -0.397 e. The Hall–Kier alpha value is -1.38. The Morgan fingerprint density at radius 2 is 1.68 bits per heavy atom. The van der Waals surface area contributed by atoms with Gasteiger partial charge in [0, 0.05) is 23.4 Å². The van der Waals surface area contributed by atoms with Gasteiger partial charge in [0.2, 0.25) is 0 Å². The van der Waals surface area contributed by atoms with Crippen molar-refractivity contribution < 1.29 is 4.79 Å². The Morgan fingerprint density at radius 3 is 2.21 bits per heavy atom. The topological polar surface area (TPSA) is 56.0 Å². The Balaban J connectivity index is 1.70. The van der Waals surface area contributed by atoms with Crippen molar-refractivity contribution in [1.82, 2.24) is 4.98 Å². The Labute approximate surface area is 113 Å². The summed E-state index contributed by atoms with van der Waals surface area (Å²) in [4.78, 5) is 17.0. The minimum absolute atomic E-state index is 0.0791. The maximum Gasteiger partial charge on any atom is 0.170 e. The number of pyridine rings is 1. The van der Waals surface area contributed by atoms with Gasteiger partial charge in [0.25, 0.3) is 0 Å². The van der Waals surface area contributed by atoms with Crippen molar-refractivity contribution in [1.29, 1.82) is 0 Å². The number of hydrogen-bond acceptors (Lipinski definition) is 3. The fourth-order valence-corrected chi connectivity index (χ4v) is 5.28. The molecule has 0 unspecified atom stereocenters. The number of nitrogens with zero attached hydrogens (tertiary/aromatic N) is 1.